The van der Waals surface area contributed by atoms with Gasteiger partial charge in [-0.15, -0.1) is 0 Å². The van der Waals surface area contributed by atoms with Crippen molar-refractivity contribution in [1.82, 2.24) is 14.9 Å². The Balaban J connectivity index is 1.38. The molecule has 96 valence electrons. The number of aromatic nitrogens is 2. The van der Waals surface area contributed by atoms with Crippen LogP contribution in [0.3, 0.4) is 0 Å². The van der Waals surface area contributed by atoms with Gasteiger partial charge in [0.2, 0.25) is 5.95 Å². The molecule has 0 N–H and O–H groups in total. The van der Waals surface area contributed by atoms with Crippen molar-refractivity contribution in [2.45, 2.75) is 12.8 Å². The van der Waals surface area contributed by atoms with E-state index in [0.29, 0.717) is 0 Å². The zero-order chi connectivity index (χ0) is 11.9. The first-order valence-electron chi connectivity index (χ1n) is 7.13. The zero-order valence-corrected chi connectivity index (χ0v) is 10.7. The van der Waals surface area contributed by atoms with Gasteiger partial charge in [0.05, 0.1) is 0 Å². The van der Waals surface area contributed by atoms with Gasteiger partial charge in [0.15, 0.2) is 0 Å². The number of likely N-dealkylation sites (tertiary alicyclic amines) is 1. The van der Waals surface area contributed by atoms with Crippen LogP contribution in [0.15, 0.2) is 18.5 Å². The SMILES string of the molecule is c1cnc(N2C[C@H]3CN(CC4CC4)C[C@H]3C2)nc1. The van der Waals surface area contributed by atoms with Gasteiger partial charge in [0.1, 0.15) is 0 Å². The van der Waals surface area contributed by atoms with Crippen LogP contribution < -0.4 is 4.90 Å². The van der Waals surface area contributed by atoms with Crippen molar-refractivity contribution in [2.24, 2.45) is 17.8 Å². The summed E-state index contributed by atoms with van der Waals surface area (Å²) in [5.74, 6) is 3.62. The number of hydrogen-bond acceptors (Lipinski definition) is 4. The standard InChI is InChI=1S/C14H20N4/c1-4-15-14(16-5-1)18-9-12-7-17(6-11-2-3-11)8-13(12)10-18/h1,4-5,11-13H,2-3,6-10H2/t12-,13+. The van der Waals surface area contributed by atoms with Crippen LogP contribution in [-0.2, 0) is 0 Å². The van der Waals surface area contributed by atoms with E-state index >= 15 is 0 Å². The third-order valence-corrected chi connectivity index (χ3v) is 4.61. The largest absolute Gasteiger partial charge is 0.340 e. The topological polar surface area (TPSA) is 32.3 Å². The van der Waals surface area contributed by atoms with Crippen molar-refractivity contribution >= 4 is 5.95 Å². The molecule has 3 heterocycles. The Kier molecular flexibility index (Phi) is 2.50. The predicted molar refractivity (Wildman–Crippen MR) is 70.4 cm³/mol. The summed E-state index contributed by atoms with van der Waals surface area (Å²) in [6.45, 7) is 6.25. The number of anilines is 1. The molecule has 0 bridgehead atoms. The van der Waals surface area contributed by atoms with Crippen LogP contribution in [0.25, 0.3) is 0 Å². The van der Waals surface area contributed by atoms with Gasteiger partial charge < -0.3 is 9.80 Å². The first kappa shape index (κ1) is 10.7. The first-order valence-corrected chi connectivity index (χ1v) is 7.13. The minimum Gasteiger partial charge on any atom is -0.340 e. The molecular formula is C14H20N4. The van der Waals surface area contributed by atoms with E-state index in [1.165, 1.54) is 32.5 Å². The van der Waals surface area contributed by atoms with Gasteiger partial charge >= 0.3 is 0 Å². The monoisotopic (exact) mass is 244 g/mol. The van der Waals surface area contributed by atoms with Crippen LogP contribution in [0.4, 0.5) is 5.95 Å². The summed E-state index contributed by atoms with van der Waals surface area (Å²) in [7, 11) is 0. The first-order chi connectivity index (χ1) is 8.88. The fourth-order valence-corrected chi connectivity index (χ4v) is 3.52. The van der Waals surface area contributed by atoms with E-state index in [2.05, 4.69) is 19.8 Å². The predicted octanol–water partition coefficient (Wildman–Crippen LogP) is 1.25. The van der Waals surface area contributed by atoms with Crippen molar-refractivity contribution in [3.05, 3.63) is 18.5 Å². The summed E-state index contributed by atoms with van der Waals surface area (Å²) in [6, 6.07) is 1.89. The lowest BCUT2D eigenvalue weighted by Gasteiger charge is -2.21. The van der Waals surface area contributed by atoms with Gasteiger partial charge in [-0.25, -0.2) is 9.97 Å². The lowest BCUT2D eigenvalue weighted by Crippen LogP contribution is -2.30. The second kappa shape index (κ2) is 4.19. The van der Waals surface area contributed by atoms with Gasteiger partial charge in [0.25, 0.3) is 0 Å². The minimum absolute atomic E-state index is 0.840. The highest BCUT2D eigenvalue weighted by atomic mass is 15.3. The van der Waals surface area contributed by atoms with Crippen molar-refractivity contribution in [3.8, 4) is 0 Å². The summed E-state index contributed by atoms with van der Waals surface area (Å²) in [6.07, 6.45) is 6.62. The molecule has 1 saturated carbocycles. The minimum atomic E-state index is 0.840. The number of nitrogens with zero attached hydrogens (tertiary/aromatic N) is 4. The maximum Gasteiger partial charge on any atom is 0.225 e. The van der Waals surface area contributed by atoms with Crippen LogP contribution in [0.5, 0.6) is 0 Å². The molecule has 2 atom stereocenters. The maximum atomic E-state index is 4.37. The molecule has 2 saturated heterocycles. The second-order valence-electron chi connectivity index (χ2n) is 6.14. The van der Waals surface area contributed by atoms with Crippen LogP contribution >= 0.6 is 0 Å². The Morgan fingerprint density at radius 2 is 1.67 bits per heavy atom. The molecule has 18 heavy (non-hydrogen) atoms. The van der Waals surface area contributed by atoms with Crippen LogP contribution in [-0.4, -0.2) is 47.6 Å². The zero-order valence-electron chi connectivity index (χ0n) is 10.7. The molecule has 4 rings (SSSR count). The van der Waals surface area contributed by atoms with Crippen molar-refractivity contribution < 1.29 is 0 Å². The smallest absolute Gasteiger partial charge is 0.225 e. The quantitative estimate of drug-likeness (QED) is 0.801. The molecule has 0 radical (unpaired) electrons. The average Bonchev–Trinajstić information content (AvgIpc) is 2.98. The summed E-state index contributed by atoms with van der Waals surface area (Å²) >= 11 is 0. The van der Waals surface area contributed by atoms with Crippen LogP contribution in [0, 0.1) is 17.8 Å². The highest BCUT2D eigenvalue weighted by Crippen LogP contribution is 2.36. The molecule has 1 aromatic heterocycles. The molecule has 3 aliphatic rings. The molecule has 0 amide bonds. The van der Waals surface area contributed by atoms with Crippen molar-refractivity contribution in [3.63, 3.8) is 0 Å². The molecule has 1 aliphatic carbocycles. The van der Waals surface area contributed by atoms with Crippen LogP contribution in [0.2, 0.25) is 0 Å². The fourth-order valence-electron chi connectivity index (χ4n) is 3.52. The van der Waals surface area contributed by atoms with E-state index in [-0.39, 0.29) is 0 Å². The summed E-state index contributed by atoms with van der Waals surface area (Å²) in [4.78, 5) is 13.8. The number of fused-ring (bicyclic) bond motifs is 1. The van der Waals surface area contributed by atoms with Gasteiger partial charge in [-0.05, 0) is 36.7 Å². The van der Waals surface area contributed by atoms with E-state index in [4.69, 9.17) is 0 Å². The Morgan fingerprint density at radius 1 is 1.00 bits per heavy atom. The van der Waals surface area contributed by atoms with E-state index in [1.807, 2.05) is 18.5 Å². The van der Waals surface area contributed by atoms with Gasteiger partial charge in [-0.1, -0.05) is 0 Å². The Bertz CT molecular complexity index is 403. The molecule has 2 aliphatic heterocycles. The molecule has 3 fully saturated rings. The van der Waals surface area contributed by atoms with Crippen molar-refractivity contribution in [2.75, 3.05) is 37.6 Å². The van der Waals surface area contributed by atoms with Gasteiger partial charge in [-0.2, -0.15) is 0 Å². The van der Waals surface area contributed by atoms with Crippen LogP contribution in [0.1, 0.15) is 12.8 Å². The highest BCUT2D eigenvalue weighted by molar-refractivity contribution is 5.31. The average molecular weight is 244 g/mol. The van der Waals surface area contributed by atoms with Gasteiger partial charge in [0, 0.05) is 45.1 Å². The third kappa shape index (κ3) is 1.99. The molecule has 4 nitrogen and oxygen atoms in total. The van der Waals surface area contributed by atoms with E-state index < -0.39 is 0 Å². The molecule has 0 spiro atoms. The second-order valence-corrected chi connectivity index (χ2v) is 6.14. The maximum absolute atomic E-state index is 4.37. The molecule has 1 aromatic rings. The normalized spacial score (nSPS) is 31.9. The molecular weight excluding hydrogens is 224 g/mol. The molecule has 4 heteroatoms. The van der Waals surface area contributed by atoms with E-state index in [0.717, 1.165) is 36.8 Å². The van der Waals surface area contributed by atoms with Crippen molar-refractivity contribution in [1.29, 1.82) is 0 Å². The summed E-state index contributed by atoms with van der Waals surface area (Å²) in [5, 5.41) is 0. The van der Waals surface area contributed by atoms with Gasteiger partial charge in [-0.3, -0.25) is 0 Å². The lowest BCUT2D eigenvalue weighted by molar-refractivity contribution is 0.303. The molecule has 0 unspecified atom stereocenters. The Hall–Kier alpha value is -1.16. The Labute approximate surface area is 108 Å². The summed E-state index contributed by atoms with van der Waals surface area (Å²) < 4.78 is 0. The third-order valence-electron chi connectivity index (χ3n) is 4.61. The lowest BCUT2D eigenvalue weighted by atomic mass is 10.0. The van der Waals surface area contributed by atoms with E-state index in [9.17, 15) is 0 Å². The molecule has 0 aromatic carbocycles. The highest BCUT2D eigenvalue weighted by Gasteiger charge is 2.41. The Morgan fingerprint density at radius 3 is 2.28 bits per heavy atom. The number of rotatable bonds is 3. The van der Waals surface area contributed by atoms with E-state index in [1.54, 1.807) is 0 Å². The fraction of sp³-hybridized carbons (Fsp3) is 0.714. The number of hydrogen-bond donors (Lipinski definition) is 0. The summed E-state index contributed by atoms with van der Waals surface area (Å²) in [5.41, 5.74) is 0.